The van der Waals surface area contributed by atoms with Crippen molar-refractivity contribution in [3.05, 3.63) is 52.3 Å². The standard InChI is InChI=1S/C16H22N2O2S/c1-11-5-6-16(12(2)9-11)21(19,20)17-8-7-15-10-13(3)18-14(15)4/h5-6,9-10,17-18H,7-8H2,1-4H3. The third-order valence-corrected chi connectivity index (χ3v) is 5.18. The first-order valence-corrected chi connectivity index (χ1v) is 8.50. The average Bonchev–Trinajstić information content (AvgIpc) is 2.67. The average molecular weight is 306 g/mol. The summed E-state index contributed by atoms with van der Waals surface area (Å²) in [6.07, 6.45) is 0.681. The van der Waals surface area contributed by atoms with Crippen LogP contribution >= 0.6 is 0 Å². The van der Waals surface area contributed by atoms with Crippen molar-refractivity contribution in [1.82, 2.24) is 9.71 Å². The molecular formula is C16H22N2O2S. The van der Waals surface area contributed by atoms with E-state index < -0.39 is 10.0 Å². The van der Waals surface area contributed by atoms with Crippen LogP contribution in [-0.2, 0) is 16.4 Å². The van der Waals surface area contributed by atoms with Crippen molar-refractivity contribution < 1.29 is 8.42 Å². The van der Waals surface area contributed by atoms with E-state index in [4.69, 9.17) is 0 Å². The Morgan fingerprint density at radius 3 is 2.38 bits per heavy atom. The molecule has 0 atom stereocenters. The van der Waals surface area contributed by atoms with Crippen LogP contribution in [0.1, 0.15) is 28.1 Å². The van der Waals surface area contributed by atoms with Crippen LogP contribution in [-0.4, -0.2) is 19.9 Å². The summed E-state index contributed by atoms with van der Waals surface area (Å²) in [7, 11) is -3.44. The lowest BCUT2D eigenvalue weighted by atomic mass is 10.2. The molecule has 1 aromatic heterocycles. The normalized spacial score (nSPS) is 11.8. The Labute approximate surface area is 126 Å². The number of H-pyrrole nitrogens is 1. The van der Waals surface area contributed by atoms with Crippen LogP contribution in [0.3, 0.4) is 0 Å². The summed E-state index contributed by atoms with van der Waals surface area (Å²) in [5.41, 5.74) is 5.18. The van der Waals surface area contributed by atoms with Gasteiger partial charge in [-0.25, -0.2) is 13.1 Å². The number of sulfonamides is 1. The lowest BCUT2D eigenvalue weighted by Crippen LogP contribution is -2.26. The smallest absolute Gasteiger partial charge is 0.240 e. The second kappa shape index (κ2) is 6.03. The third-order valence-electron chi connectivity index (χ3n) is 3.56. The number of aromatic amines is 1. The summed E-state index contributed by atoms with van der Waals surface area (Å²) in [6, 6.07) is 7.43. The molecule has 0 fully saturated rings. The summed E-state index contributed by atoms with van der Waals surface area (Å²) in [5.74, 6) is 0. The van der Waals surface area contributed by atoms with Gasteiger partial charge in [0.1, 0.15) is 0 Å². The fraction of sp³-hybridized carbons (Fsp3) is 0.375. The van der Waals surface area contributed by atoms with Gasteiger partial charge in [0, 0.05) is 17.9 Å². The number of rotatable bonds is 5. The van der Waals surface area contributed by atoms with E-state index in [0.717, 1.165) is 28.1 Å². The summed E-state index contributed by atoms with van der Waals surface area (Å²) >= 11 is 0. The molecule has 0 bridgehead atoms. The molecule has 21 heavy (non-hydrogen) atoms. The van der Waals surface area contributed by atoms with E-state index in [1.54, 1.807) is 6.07 Å². The van der Waals surface area contributed by atoms with Crippen molar-refractivity contribution in [1.29, 1.82) is 0 Å². The molecule has 0 saturated carbocycles. The van der Waals surface area contributed by atoms with Crippen molar-refractivity contribution in [2.75, 3.05) is 6.54 Å². The van der Waals surface area contributed by atoms with Gasteiger partial charge in [-0.1, -0.05) is 17.7 Å². The van der Waals surface area contributed by atoms with Crippen LogP contribution in [0.5, 0.6) is 0 Å². The van der Waals surface area contributed by atoms with Gasteiger partial charge < -0.3 is 4.98 Å². The predicted molar refractivity (Wildman–Crippen MR) is 85.1 cm³/mol. The molecule has 5 heteroatoms. The van der Waals surface area contributed by atoms with E-state index in [2.05, 4.69) is 15.8 Å². The van der Waals surface area contributed by atoms with E-state index in [1.165, 1.54) is 0 Å². The van der Waals surface area contributed by atoms with Gasteiger partial charge in [-0.15, -0.1) is 0 Å². The minimum Gasteiger partial charge on any atom is -0.362 e. The van der Waals surface area contributed by atoms with Crippen LogP contribution < -0.4 is 4.72 Å². The van der Waals surface area contributed by atoms with Crippen LogP contribution in [0, 0.1) is 27.7 Å². The molecule has 0 radical (unpaired) electrons. The van der Waals surface area contributed by atoms with Gasteiger partial charge in [-0.05, 0) is 57.4 Å². The molecular weight excluding hydrogens is 284 g/mol. The second-order valence-corrected chi connectivity index (χ2v) is 7.25. The summed E-state index contributed by atoms with van der Waals surface area (Å²) in [6.45, 7) is 8.17. The third kappa shape index (κ3) is 3.74. The van der Waals surface area contributed by atoms with E-state index in [0.29, 0.717) is 17.9 Å². The fourth-order valence-electron chi connectivity index (χ4n) is 2.54. The van der Waals surface area contributed by atoms with Crippen LogP contribution in [0.15, 0.2) is 29.2 Å². The molecule has 0 amide bonds. The fourth-order valence-corrected chi connectivity index (χ4v) is 3.80. The highest BCUT2D eigenvalue weighted by Crippen LogP contribution is 2.16. The largest absolute Gasteiger partial charge is 0.362 e. The number of aryl methyl sites for hydroxylation is 4. The summed E-state index contributed by atoms with van der Waals surface area (Å²) < 4.78 is 27.3. The Kier molecular flexibility index (Phi) is 4.54. The first-order chi connectivity index (χ1) is 9.79. The Hall–Kier alpha value is -1.59. The zero-order valence-electron chi connectivity index (χ0n) is 12.9. The first kappa shape index (κ1) is 15.8. The monoisotopic (exact) mass is 306 g/mol. The molecule has 2 rings (SSSR count). The molecule has 2 aromatic rings. The van der Waals surface area contributed by atoms with Gasteiger partial charge in [0.15, 0.2) is 0 Å². The lowest BCUT2D eigenvalue weighted by molar-refractivity contribution is 0.581. The highest BCUT2D eigenvalue weighted by Gasteiger charge is 2.16. The van der Waals surface area contributed by atoms with Crippen molar-refractivity contribution in [2.45, 2.75) is 39.0 Å². The quantitative estimate of drug-likeness (QED) is 0.892. The molecule has 0 spiro atoms. The SMILES string of the molecule is Cc1ccc(S(=O)(=O)NCCc2cc(C)[nH]c2C)c(C)c1. The minimum absolute atomic E-state index is 0.357. The number of hydrogen-bond acceptors (Lipinski definition) is 2. The maximum atomic E-state index is 12.3. The number of aromatic nitrogens is 1. The molecule has 4 nitrogen and oxygen atoms in total. The molecule has 0 saturated heterocycles. The highest BCUT2D eigenvalue weighted by atomic mass is 32.2. The van der Waals surface area contributed by atoms with Crippen molar-refractivity contribution >= 4 is 10.0 Å². The molecule has 114 valence electrons. The molecule has 0 aliphatic rings. The Balaban J connectivity index is 2.06. The molecule has 1 heterocycles. The summed E-state index contributed by atoms with van der Waals surface area (Å²) in [5, 5.41) is 0. The molecule has 1 aromatic carbocycles. The second-order valence-electron chi connectivity index (χ2n) is 5.52. The molecule has 0 unspecified atom stereocenters. The Morgan fingerprint density at radius 2 is 1.81 bits per heavy atom. The van der Waals surface area contributed by atoms with E-state index >= 15 is 0 Å². The van der Waals surface area contributed by atoms with Gasteiger partial charge in [-0.3, -0.25) is 0 Å². The molecule has 0 aliphatic carbocycles. The predicted octanol–water partition coefficient (Wildman–Crippen LogP) is 2.77. The number of hydrogen-bond donors (Lipinski definition) is 2. The molecule has 2 N–H and O–H groups in total. The Bertz CT molecular complexity index is 746. The van der Waals surface area contributed by atoms with Crippen LogP contribution in [0.4, 0.5) is 0 Å². The van der Waals surface area contributed by atoms with Gasteiger partial charge in [0.2, 0.25) is 10.0 Å². The van der Waals surface area contributed by atoms with Crippen molar-refractivity contribution in [3.8, 4) is 0 Å². The Morgan fingerprint density at radius 1 is 1.10 bits per heavy atom. The van der Waals surface area contributed by atoms with Crippen molar-refractivity contribution in [3.63, 3.8) is 0 Å². The molecule has 0 aliphatic heterocycles. The highest BCUT2D eigenvalue weighted by molar-refractivity contribution is 7.89. The first-order valence-electron chi connectivity index (χ1n) is 7.01. The maximum absolute atomic E-state index is 12.3. The number of nitrogens with one attached hydrogen (secondary N) is 2. The van der Waals surface area contributed by atoms with Gasteiger partial charge in [0.25, 0.3) is 0 Å². The van der Waals surface area contributed by atoms with E-state index in [1.807, 2.05) is 39.8 Å². The van der Waals surface area contributed by atoms with Gasteiger partial charge >= 0.3 is 0 Å². The van der Waals surface area contributed by atoms with E-state index in [-0.39, 0.29) is 0 Å². The van der Waals surface area contributed by atoms with Crippen LogP contribution in [0.25, 0.3) is 0 Å². The zero-order valence-corrected chi connectivity index (χ0v) is 13.8. The van der Waals surface area contributed by atoms with Crippen molar-refractivity contribution in [2.24, 2.45) is 0 Å². The van der Waals surface area contributed by atoms with Gasteiger partial charge in [0.05, 0.1) is 4.90 Å². The zero-order chi connectivity index (χ0) is 15.6. The van der Waals surface area contributed by atoms with Gasteiger partial charge in [-0.2, -0.15) is 0 Å². The number of benzene rings is 1. The van der Waals surface area contributed by atoms with E-state index in [9.17, 15) is 8.42 Å². The lowest BCUT2D eigenvalue weighted by Gasteiger charge is -2.10. The summed E-state index contributed by atoms with van der Waals surface area (Å²) in [4.78, 5) is 3.58. The van der Waals surface area contributed by atoms with Crippen LogP contribution in [0.2, 0.25) is 0 Å². The topological polar surface area (TPSA) is 62.0 Å². The minimum atomic E-state index is -3.44. The maximum Gasteiger partial charge on any atom is 0.240 e.